The predicted molar refractivity (Wildman–Crippen MR) is 142 cm³/mol. The molecule has 0 amide bonds. The molecular weight excluding hydrogens is 412 g/mol. The van der Waals surface area contributed by atoms with Crippen molar-refractivity contribution in [1.29, 1.82) is 0 Å². The predicted octanol–water partition coefficient (Wildman–Crippen LogP) is 9.23. The fraction of sp³-hybridized carbons (Fsp3) is 0.0909. The number of fused-ring (bicyclic) bond motifs is 6. The fourth-order valence-corrected chi connectivity index (χ4v) is 5.89. The average molecular weight is 437 g/mol. The maximum absolute atomic E-state index is 6.28. The van der Waals surface area contributed by atoms with Gasteiger partial charge in [0, 0.05) is 21.8 Å². The number of rotatable bonds is 2. The second kappa shape index (κ2) is 6.95. The van der Waals surface area contributed by atoms with Gasteiger partial charge in [0.15, 0.2) is 0 Å². The first-order chi connectivity index (χ1) is 16.6. The average Bonchev–Trinajstić information content (AvgIpc) is 3.37. The number of furan rings is 1. The van der Waals surface area contributed by atoms with Gasteiger partial charge in [-0.2, -0.15) is 0 Å². The van der Waals surface area contributed by atoms with Crippen LogP contribution < -0.4 is 0 Å². The minimum absolute atomic E-state index is 0.0267. The van der Waals surface area contributed by atoms with Crippen molar-refractivity contribution in [3.8, 4) is 33.4 Å². The van der Waals surface area contributed by atoms with E-state index < -0.39 is 0 Å². The first-order valence-electron chi connectivity index (χ1n) is 11.9. The van der Waals surface area contributed by atoms with E-state index in [9.17, 15) is 0 Å². The second-order valence-corrected chi connectivity index (χ2v) is 9.76. The Balaban J connectivity index is 1.36. The normalized spacial score (nSPS) is 13.8. The highest BCUT2D eigenvalue weighted by Gasteiger charge is 2.37. The Morgan fingerprint density at radius 1 is 0.500 bits per heavy atom. The molecule has 1 nitrogen and oxygen atoms in total. The molecule has 162 valence electrons. The van der Waals surface area contributed by atoms with Crippen molar-refractivity contribution in [3.63, 3.8) is 0 Å². The van der Waals surface area contributed by atoms with Gasteiger partial charge in [-0.05, 0) is 45.0 Å². The molecule has 1 aromatic heterocycles. The van der Waals surface area contributed by atoms with Crippen molar-refractivity contribution in [1.82, 2.24) is 0 Å². The molecule has 34 heavy (non-hydrogen) atoms. The van der Waals surface area contributed by atoms with E-state index in [0.717, 1.165) is 27.5 Å². The third-order valence-electron chi connectivity index (χ3n) is 7.49. The standard InChI is InChI=1S/C33H24O/c1-33(2)29-15-5-3-9-25(29)27-13-7-11-23(31(27)33)21-17-19-22(20-18-21)24-12-8-14-28-26-10-4-6-16-30(26)34-32(24)28/h3-20H,1-2H3. The van der Waals surface area contributed by atoms with Crippen LogP contribution in [0.15, 0.2) is 114 Å². The Hall–Kier alpha value is -4.10. The lowest BCUT2D eigenvalue weighted by Gasteiger charge is -2.24. The van der Waals surface area contributed by atoms with E-state index >= 15 is 0 Å². The topological polar surface area (TPSA) is 13.1 Å². The van der Waals surface area contributed by atoms with E-state index in [4.69, 9.17) is 4.42 Å². The molecule has 0 spiro atoms. The summed E-state index contributed by atoms with van der Waals surface area (Å²) in [5, 5.41) is 2.33. The molecule has 0 atom stereocenters. The molecule has 0 aliphatic heterocycles. The van der Waals surface area contributed by atoms with Gasteiger partial charge in [-0.1, -0.05) is 117 Å². The van der Waals surface area contributed by atoms with Crippen LogP contribution in [0.1, 0.15) is 25.0 Å². The van der Waals surface area contributed by atoms with E-state index in [0.29, 0.717) is 0 Å². The molecule has 0 unspecified atom stereocenters. The minimum Gasteiger partial charge on any atom is -0.455 e. The Morgan fingerprint density at radius 2 is 1.09 bits per heavy atom. The van der Waals surface area contributed by atoms with Crippen LogP contribution in [0.4, 0.5) is 0 Å². The lowest BCUT2D eigenvalue weighted by molar-refractivity contribution is 0.662. The van der Waals surface area contributed by atoms with Gasteiger partial charge in [0.25, 0.3) is 0 Å². The number of hydrogen-bond acceptors (Lipinski definition) is 1. The highest BCUT2D eigenvalue weighted by atomic mass is 16.3. The summed E-state index contributed by atoms with van der Waals surface area (Å²) in [5.41, 5.74) is 12.3. The van der Waals surface area contributed by atoms with Crippen LogP contribution in [0.3, 0.4) is 0 Å². The van der Waals surface area contributed by atoms with Crippen LogP contribution in [-0.4, -0.2) is 0 Å². The van der Waals surface area contributed by atoms with Crippen molar-refractivity contribution in [3.05, 3.63) is 120 Å². The molecule has 0 saturated carbocycles. The molecule has 6 aromatic rings. The zero-order valence-electron chi connectivity index (χ0n) is 19.3. The van der Waals surface area contributed by atoms with Gasteiger partial charge >= 0.3 is 0 Å². The van der Waals surface area contributed by atoms with E-state index in [2.05, 4.69) is 111 Å². The molecule has 1 heterocycles. The first-order valence-corrected chi connectivity index (χ1v) is 11.9. The summed E-state index contributed by atoms with van der Waals surface area (Å²) in [6.45, 7) is 4.69. The lowest BCUT2D eigenvalue weighted by atomic mass is 9.79. The Bertz CT molecular complexity index is 1710. The molecule has 5 aromatic carbocycles. The Labute approximate surface area is 199 Å². The number of para-hydroxylation sites is 2. The van der Waals surface area contributed by atoms with E-state index in [-0.39, 0.29) is 5.41 Å². The van der Waals surface area contributed by atoms with E-state index in [1.54, 1.807) is 0 Å². The molecule has 1 aliphatic rings. The summed E-state index contributed by atoms with van der Waals surface area (Å²) in [6, 6.07) is 39.2. The van der Waals surface area contributed by atoms with Gasteiger partial charge in [0.1, 0.15) is 11.2 Å². The zero-order chi connectivity index (χ0) is 22.9. The van der Waals surface area contributed by atoms with Crippen molar-refractivity contribution < 1.29 is 4.42 Å². The highest BCUT2D eigenvalue weighted by molar-refractivity contribution is 6.09. The SMILES string of the molecule is CC1(C)c2ccccc2-c2cccc(-c3ccc(-c4cccc5c4oc4ccccc45)cc3)c21. The highest BCUT2D eigenvalue weighted by Crippen LogP contribution is 2.52. The molecule has 0 N–H and O–H groups in total. The van der Waals surface area contributed by atoms with Crippen LogP contribution >= 0.6 is 0 Å². The van der Waals surface area contributed by atoms with Crippen molar-refractivity contribution >= 4 is 21.9 Å². The summed E-state index contributed by atoms with van der Waals surface area (Å²) in [6.07, 6.45) is 0. The Kier molecular flexibility index (Phi) is 3.96. The summed E-state index contributed by atoms with van der Waals surface area (Å²) < 4.78 is 6.28. The van der Waals surface area contributed by atoms with Gasteiger partial charge in [-0.3, -0.25) is 0 Å². The van der Waals surface area contributed by atoms with E-state index in [1.165, 1.54) is 38.9 Å². The van der Waals surface area contributed by atoms with Gasteiger partial charge in [-0.15, -0.1) is 0 Å². The number of benzene rings is 5. The summed E-state index contributed by atoms with van der Waals surface area (Å²) in [4.78, 5) is 0. The smallest absolute Gasteiger partial charge is 0.143 e. The van der Waals surface area contributed by atoms with Crippen LogP contribution in [0, 0.1) is 0 Å². The first kappa shape index (κ1) is 19.4. The van der Waals surface area contributed by atoms with Crippen molar-refractivity contribution in [2.45, 2.75) is 19.3 Å². The molecular formula is C33H24O. The largest absolute Gasteiger partial charge is 0.455 e. The molecule has 7 rings (SSSR count). The van der Waals surface area contributed by atoms with Crippen molar-refractivity contribution in [2.24, 2.45) is 0 Å². The van der Waals surface area contributed by atoms with Crippen LogP contribution in [0.2, 0.25) is 0 Å². The quantitative estimate of drug-likeness (QED) is 0.264. The van der Waals surface area contributed by atoms with Crippen LogP contribution in [0.5, 0.6) is 0 Å². The van der Waals surface area contributed by atoms with Gasteiger partial charge in [-0.25, -0.2) is 0 Å². The van der Waals surface area contributed by atoms with Crippen LogP contribution in [-0.2, 0) is 5.41 Å². The maximum Gasteiger partial charge on any atom is 0.143 e. The summed E-state index contributed by atoms with van der Waals surface area (Å²) in [5.74, 6) is 0. The van der Waals surface area contributed by atoms with Gasteiger partial charge < -0.3 is 4.42 Å². The molecule has 0 radical (unpaired) electrons. The third-order valence-corrected chi connectivity index (χ3v) is 7.49. The third kappa shape index (κ3) is 2.61. The van der Waals surface area contributed by atoms with Crippen molar-refractivity contribution in [2.75, 3.05) is 0 Å². The second-order valence-electron chi connectivity index (χ2n) is 9.76. The van der Waals surface area contributed by atoms with Crippen LogP contribution in [0.25, 0.3) is 55.3 Å². The minimum atomic E-state index is -0.0267. The Morgan fingerprint density at radius 3 is 1.94 bits per heavy atom. The number of hydrogen-bond donors (Lipinski definition) is 0. The molecule has 1 aliphatic carbocycles. The molecule has 0 saturated heterocycles. The molecule has 1 heteroatoms. The molecule has 0 bridgehead atoms. The maximum atomic E-state index is 6.28. The van der Waals surface area contributed by atoms with Gasteiger partial charge in [0.05, 0.1) is 0 Å². The molecule has 0 fully saturated rings. The van der Waals surface area contributed by atoms with E-state index in [1.807, 2.05) is 12.1 Å². The monoisotopic (exact) mass is 436 g/mol. The summed E-state index contributed by atoms with van der Waals surface area (Å²) in [7, 11) is 0. The lowest BCUT2D eigenvalue weighted by Crippen LogP contribution is -2.16. The summed E-state index contributed by atoms with van der Waals surface area (Å²) >= 11 is 0. The zero-order valence-corrected chi connectivity index (χ0v) is 19.3. The fourth-order valence-electron chi connectivity index (χ4n) is 5.89. The van der Waals surface area contributed by atoms with Gasteiger partial charge in [0.2, 0.25) is 0 Å².